The smallest absolute Gasteiger partial charge is 0.150 e. The van der Waals surface area contributed by atoms with Gasteiger partial charge in [-0.25, -0.2) is 4.39 Å². The highest BCUT2D eigenvalue weighted by atomic mass is 19.1. The van der Waals surface area contributed by atoms with Crippen LogP contribution in [0.3, 0.4) is 0 Å². The van der Waals surface area contributed by atoms with Gasteiger partial charge in [-0.2, -0.15) is 5.10 Å². The second-order valence-electron chi connectivity index (χ2n) is 3.15. The van der Waals surface area contributed by atoms with E-state index in [0.29, 0.717) is 16.3 Å². The molecule has 0 saturated carbocycles. The third-order valence-corrected chi connectivity index (χ3v) is 2.29. The minimum Gasteiger partial charge on any atom is -0.382 e. The molecule has 0 aliphatic rings. The van der Waals surface area contributed by atoms with E-state index >= 15 is 0 Å². The zero-order valence-electron chi connectivity index (χ0n) is 7.94. The Morgan fingerprint density at radius 2 is 1.73 bits per heavy atom. The molecule has 15 heavy (non-hydrogen) atoms. The van der Waals surface area contributed by atoms with Crippen molar-refractivity contribution in [3.05, 3.63) is 47.8 Å². The van der Waals surface area contributed by atoms with Crippen molar-refractivity contribution in [3.63, 3.8) is 0 Å². The second-order valence-corrected chi connectivity index (χ2v) is 3.15. The van der Waals surface area contributed by atoms with Crippen LogP contribution >= 0.6 is 0 Å². The van der Waals surface area contributed by atoms with Gasteiger partial charge < -0.3 is 11.6 Å². The monoisotopic (exact) mass is 203 g/mol. The number of nitrogens with two attached hydrogens (primary N) is 2. The summed E-state index contributed by atoms with van der Waals surface area (Å²) in [5.74, 6) is 5.02. The van der Waals surface area contributed by atoms with Crippen LogP contribution in [0.25, 0.3) is 10.8 Å². The molecule has 0 aliphatic heterocycles. The van der Waals surface area contributed by atoms with Crippen molar-refractivity contribution in [1.82, 2.24) is 0 Å². The van der Waals surface area contributed by atoms with Crippen molar-refractivity contribution >= 4 is 16.6 Å². The van der Waals surface area contributed by atoms with Crippen LogP contribution in [0.2, 0.25) is 0 Å². The molecule has 0 aromatic heterocycles. The van der Waals surface area contributed by atoms with E-state index in [9.17, 15) is 4.39 Å². The maximum atomic E-state index is 13.4. The van der Waals surface area contributed by atoms with Crippen LogP contribution in [0.1, 0.15) is 5.56 Å². The molecule has 3 nitrogen and oxygen atoms in total. The molecule has 0 atom stereocenters. The largest absolute Gasteiger partial charge is 0.382 e. The van der Waals surface area contributed by atoms with Gasteiger partial charge in [-0.15, -0.1) is 0 Å². The van der Waals surface area contributed by atoms with E-state index in [4.69, 9.17) is 11.6 Å². The number of nitrogens with zero attached hydrogens (tertiary/aromatic N) is 1. The Balaban J connectivity index is 2.83. The fourth-order valence-corrected chi connectivity index (χ4v) is 1.56. The van der Waals surface area contributed by atoms with Gasteiger partial charge in [0.1, 0.15) is 5.82 Å². The first-order valence-electron chi connectivity index (χ1n) is 4.45. The van der Waals surface area contributed by atoms with E-state index in [1.165, 1.54) is 6.07 Å². The minimum atomic E-state index is -0.279. The summed E-state index contributed by atoms with van der Waals surface area (Å²) in [6, 6.07) is 9.99. The van der Waals surface area contributed by atoms with Crippen LogP contribution in [0.5, 0.6) is 0 Å². The average molecular weight is 203 g/mol. The summed E-state index contributed by atoms with van der Waals surface area (Å²) in [6.45, 7) is 0. The Morgan fingerprint density at radius 3 is 2.40 bits per heavy atom. The summed E-state index contributed by atoms with van der Waals surface area (Å²) < 4.78 is 13.4. The Kier molecular flexibility index (Phi) is 2.25. The molecule has 4 N–H and O–H groups in total. The molecule has 2 aromatic carbocycles. The first-order valence-corrected chi connectivity index (χ1v) is 4.45. The van der Waals surface area contributed by atoms with Crippen molar-refractivity contribution in [2.24, 2.45) is 16.7 Å². The summed E-state index contributed by atoms with van der Waals surface area (Å²) >= 11 is 0. The Hall–Kier alpha value is -2.10. The van der Waals surface area contributed by atoms with Gasteiger partial charge in [0.15, 0.2) is 5.84 Å². The number of halogens is 1. The molecule has 0 unspecified atom stereocenters. The lowest BCUT2D eigenvalue weighted by Gasteiger charge is -2.05. The van der Waals surface area contributed by atoms with Gasteiger partial charge >= 0.3 is 0 Å². The summed E-state index contributed by atoms with van der Waals surface area (Å²) in [6.07, 6.45) is 0. The molecule has 0 heterocycles. The zero-order chi connectivity index (χ0) is 10.8. The molecule has 2 rings (SSSR count). The van der Waals surface area contributed by atoms with E-state index in [2.05, 4.69) is 5.10 Å². The molecule has 0 aliphatic carbocycles. The van der Waals surface area contributed by atoms with Gasteiger partial charge in [0.05, 0.1) is 0 Å². The number of fused-ring (bicyclic) bond motifs is 1. The molecule has 0 radical (unpaired) electrons. The maximum absolute atomic E-state index is 13.4. The molecule has 76 valence electrons. The quantitative estimate of drug-likeness (QED) is 0.319. The number of rotatable bonds is 1. The first kappa shape index (κ1) is 9.45. The van der Waals surface area contributed by atoms with Crippen LogP contribution < -0.4 is 11.6 Å². The average Bonchev–Trinajstić information content (AvgIpc) is 2.29. The molecular weight excluding hydrogens is 193 g/mol. The number of hydrogen-bond acceptors (Lipinski definition) is 2. The summed E-state index contributed by atoms with van der Waals surface area (Å²) in [5, 5.41) is 4.64. The normalized spacial score (nSPS) is 11.9. The summed E-state index contributed by atoms with van der Waals surface area (Å²) in [5.41, 5.74) is 6.26. The van der Waals surface area contributed by atoms with Gasteiger partial charge in [-0.1, -0.05) is 24.3 Å². The molecular formula is C11H10FN3. The van der Waals surface area contributed by atoms with Crippen molar-refractivity contribution in [2.45, 2.75) is 0 Å². The van der Waals surface area contributed by atoms with Crippen LogP contribution in [0, 0.1) is 5.82 Å². The highest BCUT2D eigenvalue weighted by molar-refractivity contribution is 6.08. The van der Waals surface area contributed by atoms with Gasteiger partial charge in [0.2, 0.25) is 0 Å². The van der Waals surface area contributed by atoms with Crippen molar-refractivity contribution in [3.8, 4) is 0 Å². The van der Waals surface area contributed by atoms with Gasteiger partial charge in [-0.05, 0) is 17.5 Å². The van der Waals surface area contributed by atoms with Gasteiger partial charge in [0.25, 0.3) is 0 Å². The Labute approximate surface area is 86.2 Å². The fraction of sp³-hybridized carbons (Fsp3) is 0. The van der Waals surface area contributed by atoms with E-state index in [1.807, 2.05) is 6.07 Å². The van der Waals surface area contributed by atoms with Gasteiger partial charge in [-0.3, -0.25) is 0 Å². The topological polar surface area (TPSA) is 64.4 Å². The number of hydrogen-bond donors (Lipinski definition) is 2. The molecule has 2 aromatic rings. The van der Waals surface area contributed by atoms with Crippen LogP contribution in [-0.2, 0) is 0 Å². The summed E-state index contributed by atoms with van der Waals surface area (Å²) in [4.78, 5) is 0. The molecule has 0 amide bonds. The van der Waals surface area contributed by atoms with E-state index in [0.717, 1.165) is 0 Å². The predicted octanol–water partition coefficient (Wildman–Crippen LogP) is 1.56. The lowest BCUT2D eigenvalue weighted by Crippen LogP contribution is -2.16. The molecule has 0 saturated heterocycles. The molecule has 0 spiro atoms. The van der Waals surface area contributed by atoms with E-state index in [-0.39, 0.29) is 11.7 Å². The van der Waals surface area contributed by atoms with E-state index in [1.54, 1.807) is 24.3 Å². The first-order chi connectivity index (χ1) is 7.24. The zero-order valence-corrected chi connectivity index (χ0v) is 7.94. The predicted molar refractivity (Wildman–Crippen MR) is 58.8 cm³/mol. The third-order valence-electron chi connectivity index (χ3n) is 2.29. The van der Waals surface area contributed by atoms with Gasteiger partial charge in [0, 0.05) is 10.9 Å². The van der Waals surface area contributed by atoms with Crippen LogP contribution in [0.4, 0.5) is 4.39 Å². The van der Waals surface area contributed by atoms with Crippen molar-refractivity contribution < 1.29 is 4.39 Å². The number of hydrazone groups is 1. The fourth-order valence-electron chi connectivity index (χ4n) is 1.56. The maximum Gasteiger partial charge on any atom is 0.150 e. The van der Waals surface area contributed by atoms with Crippen molar-refractivity contribution in [1.29, 1.82) is 0 Å². The molecule has 0 fully saturated rings. The summed E-state index contributed by atoms with van der Waals surface area (Å²) in [7, 11) is 0. The highest BCUT2D eigenvalue weighted by Crippen LogP contribution is 2.21. The molecule has 4 heteroatoms. The van der Waals surface area contributed by atoms with Crippen LogP contribution in [-0.4, -0.2) is 5.84 Å². The standard InChI is InChI=1S/C11H10FN3/c12-10-6-5-9(11(13)15-14)7-3-1-2-4-8(7)10/h1-6H,14H2,(H2,13,15). The third kappa shape index (κ3) is 1.50. The lowest BCUT2D eigenvalue weighted by atomic mass is 10.0. The highest BCUT2D eigenvalue weighted by Gasteiger charge is 2.07. The Bertz CT molecular complexity index is 534. The Morgan fingerprint density at radius 1 is 1.07 bits per heavy atom. The lowest BCUT2D eigenvalue weighted by molar-refractivity contribution is 0.640. The van der Waals surface area contributed by atoms with Crippen molar-refractivity contribution in [2.75, 3.05) is 0 Å². The van der Waals surface area contributed by atoms with Crippen LogP contribution in [0.15, 0.2) is 41.5 Å². The SMILES string of the molecule is N/N=C(/N)c1ccc(F)c2ccccc12. The second kappa shape index (κ2) is 3.57. The van der Waals surface area contributed by atoms with E-state index < -0.39 is 0 Å². The molecule has 0 bridgehead atoms. The minimum absolute atomic E-state index is 0.200. The number of benzene rings is 2. The number of amidine groups is 1.